The first-order valence-corrected chi connectivity index (χ1v) is 7.69. The number of ether oxygens (including phenoxy) is 1. The van der Waals surface area contributed by atoms with E-state index in [0.717, 1.165) is 19.4 Å². The Morgan fingerprint density at radius 2 is 2.26 bits per heavy atom. The molecule has 1 fully saturated rings. The summed E-state index contributed by atoms with van der Waals surface area (Å²) in [6, 6.07) is 8.59. The first-order chi connectivity index (χ1) is 9.24. The topological polar surface area (TPSA) is 47.3 Å². The molecule has 4 heteroatoms. The molecule has 1 aromatic carbocycles. The molecule has 102 valence electrons. The highest BCUT2D eigenvalue weighted by Gasteiger charge is 2.38. The molecule has 1 saturated heterocycles. The van der Waals surface area contributed by atoms with Gasteiger partial charge >= 0.3 is 0 Å². The largest absolute Gasteiger partial charge is 0.373 e. The normalized spacial score (nSPS) is 25.6. The van der Waals surface area contributed by atoms with Crippen LogP contribution in [0.3, 0.4) is 0 Å². The van der Waals surface area contributed by atoms with Crippen LogP contribution in [-0.2, 0) is 4.74 Å². The molecule has 0 radical (unpaired) electrons. The third-order valence-electron chi connectivity index (χ3n) is 4.10. The molecule has 1 aromatic heterocycles. The first kappa shape index (κ1) is 13.1. The fourth-order valence-corrected chi connectivity index (χ4v) is 3.97. The molecule has 1 aliphatic rings. The van der Waals surface area contributed by atoms with Crippen LogP contribution >= 0.6 is 11.3 Å². The second-order valence-electron chi connectivity index (χ2n) is 5.40. The van der Waals surface area contributed by atoms with Crippen LogP contribution in [0.1, 0.15) is 37.8 Å². The third kappa shape index (κ3) is 2.30. The lowest BCUT2D eigenvalue weighted by molar-refractivity contribution is -0.0895. The van der Waals surface area contributed by atoms with Gasteiger partial charge in [0.1, 0.15) is 0 Å². The number of thiophene rings is 1. The minimum Gasteiger partial charge on any atom is -0.373 e. The molecule has 0 aliphatic carbocycles. The van der Waals surface area contributed by atoms with E-state index in [9.17, 15) is 0 Å². The summed E-state index contributed by atoms with van der Waals surface area (Å²) in [5.74, 6) is 5.86. The molecule has 0 amide bonds. The molecule has 3 N–H and O–H groups in total. The second kappa shape index (κ2) is 5.21. The predicted molar refractivity (Wildman–Crippen MR) is 80.1 cm³/mol. The number of benzene rings is 1. The van der Waals surface area contributed by atoms with Gasteiger partial charge in [0, 0.05) is 11.3 Å². The molecule has 2 atom stereocenters. The van der Waals surface area contributed by atoms with Gasteiger partial charge in [0.2, 0.25) is 0 Å². The van der Waals surface area contributed by atoms with E-state index in [4.69, 9.17) is 10.6 Å². The lowest BCUT2D eigenvalue weighted by Crippen LogP contribution is -2.48. The van der Waals surface area contributed by atoms with Gasteiger partial charge in [0.25, 0.3) is 0 Å². The number of fused-ring (bicyclic) bond motifs is 1. The summed E-state index contributed by atoms with van der Waals surface area (Å²) in [6.07, 6.45) is 3.40. The smallest absolute Gasteiger partial charge is 0.0861 e. The van der Waals surface area contributed by atoms with Gasteiger partial charge in [0.15, 0.2) is 0 Å². The number of nitrogens with two attached hydrogens (primary N) is 1. The van der Waals surface area contributed by atoms with Gasteiger partial charge in [0.05, 0.1) is 11.6 Å². The average molecular weight is 276 g/mol. The van der Waals surface area contributed by atoms with E-state index in [1.807, 2.05) is 0 Å². The van der Waals surface area contributed by atoms with Crippen molar-refractivity contribution in [2.24, 2.45) is 5.84 Å². The molecular formula is C15H20N2OS. The highest BCUT2D eigenvalue weighted by Crippen LogP contribution is 2.39. The van der Waals surface area contributed by atoms with Gasteiger partial charge in [-0.05, 0) is 48.6 Å². The monoisotopic (exact) mass is 276 g/mol. The predicted octanol–water partition coefficient (Wildman–Crippen LogP) is 3.36. The van der Waals surface area contributed by atoms with E-state index < -0.39 is 0 Å². The Balaban J connectivity index is 2.04. The number of hydrazine groups is 1. The Hall–Kier alpha value is -0.940. The molecule has 1 aliphatic heterocycles. The highest BCUT2D eigenvalue weighted by molar-refractivity contribution is 7.17. The van der Waals surface area contributed by atoms with Crippen molar-refractivity contribution in [3.05, 3.63) is 35.2 Å². The Morgan fingerprint density at radius 1 is 1.37 bits per heavy atom. The Morgan fingerprint density at radius 3 is 3.00 bits per heavy atom. The Labute approximate surface area is 117 Å². The summed E-state index contributed by atoms with van der Waals surface area (Å²) >= 11 is 1.77. The van der Waals surface area contributed by atoms with Crippen molar-refractivity contribution in [2.75, 3.05) is 6.61 Å². The van der Waals surface area contributed by atoms with Crippen molar-refractivity contribution < 1.29 is 4.74 Å². The van der Waals surface area contributed by atoms with Gasteiger partial charge in [-0.3, -0.25) is 11.3 Å². The average Bonchev–Trinajstić information content (AvgIpc) is 2.89. The zero-order chi connectivity index (χ0) is 13.3. The van der Waals surface area contributed by atoms with E-state index in [0.29, 0.717) is 0 Å². The summed E-state index contributed by atoms with van der Waals surface area (Å²) < 4.78 is 7.37. The van der Waals surface area contributed by atoms with Gasteiger partial charge in [-0.1, -0.05) is 18.2 Å². The van der Waals surface area contributed by atoms with E-state index in [2.05, 4.69) is 42.0 Å². The number of nitrogens with one attached hydrogen (secondary N) is 1. The summed E-state index contributed by atoms with van der Waals surface area (Å²) in [6.45, 7) is 3.00. The number of hydrogen-bond donors (Lipinski definition) is 2. The van der Waals surface area contributed by atoms with E-state index in [1.54, 1.807) is 11.3 Å². The molecular weight excluding hydrogens is 256 g/mol. The minimum atomic E-state index is -0.217. The fourth-order valence-electron chi connectivity index (χ4n) is 3.02. The summed E-state index contributed by atoms with van der Waals surface area (Å²) in [5.41, 5.74) is 4.02. The number of rotatable bonds is 3. The quantitative estimate of drug-likeness (QED) is 0.667. The summed E-state index contributed by atoms with van der Waals surface area (Å²) in [4.78, 5) is 0. The molecule has 3 rings (SSSR count). The van der Waals surface area contributed by atoms with Gasteiger partial charge < -0.3 is 4.74 Å². The lowest BCUT2D eigenvalue weighted by atomic mass is 9.84. The summed E-state index contributed by atoms with van der Waals surface area (Å²) in [5, 5.41) is 3.41. The zero-order valence-corrected chi connectivity index (χ0v) is 12.0. The molecule has 0 saturated carbocycles. The van der Waals surface area contributed by atoms with Crippen LogP contribution in [0.25, 0.3) is 10.1 Å². The van der Waals surface area contributed by atoms with Crippen molar-refractivity contribution in [1.29, 1.82) is 0 Å². The molecule has 2 heterocycles. The maximum Gasteiger partial charge on any atom is 0.0861 e. The molecule has 3 nitrogen and oxygen atoms in total. The highest BCUT2D eigenvalue weighted by atomic mass is 32.1. The SMILES string of the molecule is CC1(C(NN)c2cccc3ccsc23)CCCCO1. The van der Waals surface area contributed by atoms with Crippen LogP contribution in [0.5, 0.6) is 0 Å². The van der Waals surface area contributed by atoms with Crippen molar-refractivity contribution in [1.82, 2.24) is 5.43 Å². The molecule has 0 bridgehead atoms. The van der Waals surface area contributed by atoms with Gasteiger partial charge in [-0.2, -0.15) is 0 Å². The van der Waals surface area contributed by atoms with E-state index in [-0.39, 0.29) is 11.6 Å². The van der Waals surface area contributed by atoms with E-state index in [1.165, 1.54) is 22.1 Å². The number of hydrogen-bond acceptors (Lipinski definition) is 4. The Bertz CT molecular complexity index is 560. The van der Waals surface area contributed by atoms with Crippen LogP contribution in [0, 0.1) is 0 Å². The Kier molecular flexibility index (Phi) is 3.58. The summed E-state index contributed by atoms with van der Waals surface area (Å²) in [7, 11) is 0. The standard InChI is InChI=1S/C15H20N2OS/c1-15(8-2-3-9-18-15)14(17-16)12-6-4-5-11-7-10-19-13(11)12/h4-7,10,14,17H,2-3,8-9,16H2,1H3. The maximum atomic E-state index is 6.06. The molecule has 19 heavy (non-hydrogen) atoms. The van der Waals surface area contributed by atoms with Crippen molar-refractivity contribution in [3.8, 4) is 0 Å². The molecule has 0 spiro atoms. The third-order valence-corrected chi connectivity index (χ3v) is 5.08. The van der Waals surface area contributed by atoms with Crippen molar-refractivity contribution in [2.45, 2.75) is 37.8 Å². The first-order valence-electron chi connectivity index (χ1n) is 6.81. The minimum absolute atomic E-state index is 0.0372. The second-order valence-corrected chi connectivity index (χ2v) is 6.32. The van der Waals surface area contributed by atoms with E-state index >= 15 is 0 Å². The maximum absolute atomic E-state index is 6.06. The van der Waals surface area contributed by atoms with Crippen LogP contribution in [0.15, 0.2) is 29.6 Å². The fraction of sp³-hybridized carbons (Fsp3) is 0.467. The van der Waals surface area contributed by atoms with Crippen molar-refractivity contribution in [3.63, 3.8) is 0 Å². The molecule has 2 unspecified atom stereocenters. The van der Waals surface area contributed by atoms with Crippen LogP contribution < -0.4 is 11.3 Å². The van der Waals surface area contributed by atoms with Crippen LogP contribution in [0.2, 0.25) is 0 Å². The lowest BCUT2D eigenvalue weighted by Gasteiger charge is -2.40. The molecule has 2 aromatic rings. The van der Waals surface area contributed by atoms with Gasteiger partial charge in [-0.15, -0.1) is 11.3 Å². The van der Waals surface area contributed by atoms with Crippen LogP contribution in [-0.4, -0.2) is 12.2 Å². The van der Waals surface area contributed by atoms with Crippen LogP contribution in [0.4, 0.5) is 0 Å². The zero-order valence-electron chi connectivity index (χ0n) is 11.2. The van der Waals surface area contributed by atoms with Crippen molar-refractivity contribution >= 4 is 21.4 Å². The van der Waals surface area contributed by atoms with Gasteiger partial charge in [-0.25, -0.2) is 0 Å².